The number of allylic oxidation sites excluding steroid dienone is 3. The number of cyclic esters (lactones) is 1. The van der Waals surface area contributed by atoms with Gasteiger partial charge in [-0.15, -0.1) is 0 Å². The van der Waals surface area contributed by atoms with Crippen LogP contribution in [0.4, 0.5) is 4.79 Å². The van der Waals surface area contributed by atoms with Crippen LogP contribution < -0.4 is 0 Å². The Morgan fingerprint density at radius 2 is 2.18 bits per heavy atom. The minimum atomic E-state index is -0.179. The molecular weight excluding hydrogens is 214 g/mol. The fourth-order valence-electron chi connectivity index (χ4n) is 2.90. The number of carbonyl (C=O) groups is 1. The van der Waals surface area contributed by atoms with E-state index in [1.54, 1.807) is 0 Å². The van der Waals surface area contributed by atoms with E-state index < -0.39 is 0 Å². The molecule has 0 aromatic heterocycles. The number of amides is 1. The average Bonchev–Trinajstić information content (AvgIpc) is 2.56. The second-order valence-electron chi connectivity index (χ2n) is 5.54. The smallest absolute Gasteiger partial charge is 0.410 e. The molecule has 0 bridgehead atoms. The van der Waals surface area contributed by atoms with E-state index in [1.165, 1.54) is 0 Å². The summed E-state index contributed by atoms with van der Waals surface area (Å²) in [5.41, 5.74) is -0.0759. The van der Waals surface area contributed by atoms with Gasteiger partial charge in [-0.05, 0) is 27.2 Å². The van der Waals surface area contributed by atoms with Gasteiger partial charge >= 0.3 is 6.09 Å². The quantitative estimate of drug-likeness (QED) is 0.736. The zero-order chi connectivity index (χ0) is 12.6. The standard InChI is InChI=1S/C14H21NO2/c1-10(2)15-11(3)12(17-13(15)16)14(4)8-6-5-7-9-14/h5-8,10-12H,9H2,1-4H3/t11-,12-,14?/m0/s1. The van der Waals surface area contributed by atoms with Crippen molar-refractivity contribution in [3.05, 3.63) is 24.3 Å². The fraction of sp³-hybridized carbons (Fsp3) is 0.643. The van der Waals surface area contributed by atoms with E-state index in [9.17, 15) is 4.79 Å². The number of hydrogen-bond donors (Lipinski definition) is 0. The Kier molecular flexibility index (Phi) is 3.02. The molecule has 94 valence electrons. The Hall–Kier alpha value is -1.25. The summed E-state index contributed by atoms with van der Waals surface area (Å²) in [7, 11) is 0. The number of hydrogen-bond acceptors (Lipinski definition) is 2. The highest BCUT2D eigenvalue weighted by atomic mass is 16.6. The monoisotopic (exact) mass is 235 g/mol. The maximum absolute atomic E-state index is 11.9. The van der Waals surface area contributed by atoms with E-state index in [2.05, 4.69) is 26.0 Å². The number of rotatable bonds is 2. The summed E-state index contributed by atoms with van der Waals surface area (Å²) < 4.78 is 5.59. The van der Waals surface area contributed by atoms with Crippen LogP contribution in [0.2, 0.25) is 0 Å². The Morgan fingerprint density at radius 3 is 2.65 bits per heavy atom. The predicted molar refractivity (Wildman–Crippen MR) is 67.7 cm³/mol. The van der Waals surface area contributed by atoms with Crippen molar-refractivity contribution in [3.63, 3.8) is 0 Å². The minimum Gasteiger partial charge on any atom is -0.443 e. The highest BCUT2D eigenvalue weighted by Crippen LogP contribution is 2.39. The minimum absolute atomic E-state index is 0.0569. The second kappa shape index (κ2) is 4.21. The van der Waals surface area contributed by atoms with Crippen LogP contribution in [0, 0.1) is 5.41 Å². The summed E-state index contributed by atoms with van der Waals surface area (Å²) in [6, 6.07) is 0.317. The van der Waals surface area contributed by atoms with Gasteiger partial charge in [-0.1, -0.05) is 31.2 Å². The van der Waals surface area contributed by atoms with Gasteiger partial charge in [-0.2, -0.15) is 0 Å². The molecule has 0 N–H and O–H groups in total. The normalized spacial score (nSPS) is 36.8. The molecule has 1 aliphatic carbocycles. The molecule has 0 aromatic carbocycles. The van der Waals surface area contributed by atoms with E-state index in [1.807, 2.05) is 30.9 Å². The van der Waals surface area contributed by atoms with E-state index in [0.29, 0.717) is 0 Å². The first kappa shape index (κ1) is 12.2. The first-order chi connectivity index (χ1) is 7.96. The molecule has 3 atom stereocenters. The molecule has 17 heavy (non-hydrogen) atoms. The van der Waals surface area contributed by atoms with Crippen LogP contribution in [-0.4, -0.2) is 29.2 Å². The topological polar surface area (TPSA) is 29.5 Å². The van der Waals surface area contributed by atoms with Gasteiger partial charge < -0.3 is 4.74 Å². The van der Waals surface area contributed by atoms with Crippen molar-refractivity contribution in [2.75, 3.05) is 0 Å². The van der Waals surface area contributed by atoms with Gasteiger partial charge in [-0.25, -0.2) is 4.79 Å². The molecule has 3 heteroatoms. The van der Waals surface area contributed by atoms with E-state index in [4.69, 9.17) is 4.74 Å². The van der Waals surface area contributed by atoms with Crippen LogP contribution in [0.25, 0.3) is 0 Å². The molecule has 1 saturated heterocycles. The number of nitrogens with zero attached hydrogens (tertiary/aromatic N) is 1. The Morgan fingerprint density at radius 1 is 1.47 bits per heavy atom. The molecule has 1 heterocycles. The van der Waals surface area contributed by atoms with Crippen LogP contribution in [0.15, 0.2) is 24.3 Å². The molecule has 0 spiro atoms. The fourth-order valence-corrected chi connectivity index (χ4v) is 2.90. The first-order valence-electron chi connectivity index (χ1n) is 6.29. The third kappa shape index (κ3) is 1.99. The van der Waals surface area contributed by atoms with Gasteiger partial charge in [0, 0.05) is 11.5 Å². The van der Waals surface area contributed by atoms with Gasteiger partial charge in [0.15, 0.2) is 0 Å². The molecule has 1 aliphatic heterocycles. The van der Waals surface area contributed by atoms with Gasteiger partial charge in [0.25, 0.3) is 0 Å². The summed E-state index contributed by atoms with van der Waals surface area (Å²) in [4.78, 5) is 13.7. The lowest BCUT2D eigenvalue weighted by atomic mass is 9.76. The summed E-state index contributed by atoms with van der Waals surface area (Å²) in [6.45, 7) is 8.29. The first-order valence-corrected chi connectivity index (χ1v) is 6.29. The SMILES string of the molecule is CC(C)N1C(=O)O[C@H](C2(C)C=CC=CC2)[C@@H]1C. The highest BCUT2D eigenvalue weighted by molar-refractivity contribution is 5.71. The van der Waals surface area contributed by atoms with Gasteiger partial charge in [0.1, 0.15) is 6.10 Å². The Bertz CT molecular complexity index is 372. The van der Waals surface area contributed by atoms with Crippen molar-refractivity contribution in [2.24, 2.45) is 5.41 Å². The van der Waals surface area contributed by atoms with Crippen molar-refractivity contribution in [1.82, 2.24) is 4.90 Å². The average molecular weight is 235 g/mol. The maximum atomic E-state index is 11.9. The molecule has 2 rings (SSSR count). The zero-order valence-electron chi connectivity index (χ0n) is 11.0. The lowest BCUT2D eigenvalue weighted by Crippen LogP contribution is -2.44. The lowest BCUT2D eigenvalue weighted by Gasteiger charge is -2.35. The Labute approximate surface area is 103 Å². The van der Waals surface area contributed by atoms with Crippen molar-refractivity contribution in [1.29, 1.82) is 0 Å². The van der Waals surface area contributed by atoms with Gasteiger partial charge in [0.2, 0.25) is 0 Å². The molecule has 3 nitrogen and oxygen atoms in total. The number of ether oxygens (including phenoxy) is 1. The molecule has 0 saturated carbocycles. The van der Waals surface area contributed by atoms with Crippen molar-refractivity contribution >= 4 is 6.09 Å². The molecule has 1 fully saturated rings. The third-order valence-electron chi connectivity index (χ3n) is 3.80. The molecular formula is C14H21NO2. The third-order valence-corrected chi connectivity index (χ3v) is 3.80. The summed E-state index contributed by atoms with van der Waals surface area (Å²) in [6.07, 6.45) is 9.08. The van der Waals surface area contributed by atoms with E-state index >= 15 is 0 Å². The Balaban J connectivity index is 2.22. The van der Waals surface area contributed by atoms with Crippen LogP contribution in [0.3, 0.4) is 0 Å². The van der Waals surface area contributed by atoms with Crippen LogP contribution in [0.5, 0.6) is 0 Å². The summed E-state index contributed by atoms with van der Waals surface area (Å²) in [5, 5.41) is 0. The molecule has 1 amide bonds. The van der Waals surface area contributed by atoms with Crippen LogP contribution in [0.1, 0.15) is 34.1 Å². The van der Waals surface area contributed by atoms with Crippen LogP contribution >= 0.6 is 0 Å². The highest BCUT2D eigenvalue weighted by Gasteiger charge is 2.48. The van der Waals surface area contributed by atoms with E-state index in [-0.39, 0.29) is 29.7 Å². The maximum Gasteiger partial charge on any atom is 0.410 e. The molecule has 0 radical (unpaired) electrons. The lowest BCUT2D eigenvalue weighted by molar-refractivity contribution is 0.0649. The summed E-state index contributed by atoms with van der Waals surface area (Å²) in [5.74, 6) is 0. The predicted octanol–water partition coefficient (Wildman–Crippen LogP) is 3.13. The molecule has 2 aliphatic rings. The van der Waals surface area contributed by atoms with Crippen LogP contribution in [-0.2, 0) is 4.74 Å². The molecule has 1 unspecified atom stereocenters. The van der Waals surface area contributed by atoms with Crippen molar-refractivity contribution in [3.8, 4) is 0 Å². The second-order valence-corrected chi connectivity index (χ2v) is 5.54. The molecule has 0 aromatic rings. The van der Waals surface area contributed by atoms with Gasteiger partial charge in [-0.3, -0.25) is 4.90 Å². The number of carbonyl (C=O) groups excluding carboxylic acids is 1. The van der Waals surface area contributed by atoms with Crippen molar-refractivity contribution < 1.29 is 9.53 Å². The van der Waals surface area contributed by atoms with Gasteiger partial charge in [0.05, 0.1) is 6.04 Å². The summed E-state index contributed by atoms with van der Waals surface area (Å²) >= 11 is 0. The van der Waals surface area contributed by atoms with Crippen molar-refractivity contribution in [2.45, 2.75) is 52.3 Å². The largest absolute Gasteiger partial charge is 0.443 e. The van der Waals surface area contributed by atoms with E-state index in [0.717, 1.165) is 6.42 Å². The zero-order valence-corrected chi connectivity index (χ0v) is 11.0.